The molecule has 0 aliphatic heterocycles. The van der Waals surface area contributed by atoms with Crippen LogP contribution in [0.5, 0.6) is 5.75 Å². The summed E-state index contributed by atoms with van der Waals surface area (Å²) in [5, 5.41) is 24.3. The van der Waals surface area contributed by atoms with Gasteiger partial charge in [-0.1, -0.05) is 32.8 Å². The topological polar surface area (TPSA) is 105 Å². The number of anilines is 2. The second-order valence-corrected chi connectivity index (χ2v) is 10.7. The van der Waals surface area contributed by atoms with E-state index in [-0.39, 0.29) is 35.1 Å². The van der Waals surface area contributed by atoms with Crippen molar-refractivity contribution in [3.63, 3.8) is 0 Å². The molecule has 2 heterocycles. The van der Waals surface area contributed by atoms with Gasteiger partial charge >= 0.3 is 6.18 Å². The summed E-state index contributed by atoms with van der Waals surface area (Å²) < 4.78 is 49.5. The predicted octanol–water partition coefficient (Wildman–Crippen LogP) is 5.65. The number of hydrogen-bond acceptors (Lipinski definition) is 7. The van der Waals surface area contributed by atoms with Gasteiger partial charge in [0.05, 0.1) is 24.5 Å². The van der Waals surface area contributed by atoms with Gasteiger partial charge < -0.3 is 20.1 Å². The third kappa shape index (κ3) is 6.96. The predicted molar refractivity (Wildman–Crippen MR) is 165 cm³/mol. The Morgan fingerprint density at radius 2 is 1.93 bits per heavy atom. The lowest BCUT2D eigenvalue weighted by Gasteiger charge is -2.22. The number of hydrogen-bond donors (Lipinski definition) is 2. The van der Waals surface area contributed by atoms with Crippen LogP contribution in [-0.2, 0) is 11.0 Å². The molecule has 44 heavy (non-hydrogen) atoms. The van der Waals surface area contributed by atoms with Gasteiger partial charge in [0, 0.05) is 30.4 Å². The molecule has 0 saturated carbocycles. The minimum absolute atomic E-state index is 0.0135. The van der Waals surface area contributed by atoms with Crippen molar-refractivity contribution in [3.8, 4) is 17.1 Å². The average Bonchev–Trinajstić information content (AvgIpc) is 3.57. The summed E-state index contributed by atoms with van der Waals surface area (Å²) in [5.41, 5.74) is 1.82. The molecular weight excluding hydrogens is 573 g/mol. The van der Waals surface area contributed by atoms with Crippen LogP contribution in [0.1, 0.15) is 63.3 Å². The number of nitrogens with zero attached hydrogens (tertiary/aromatic N) is 5. The summed E-state index contributed by atoms with van der Waals surface area (Å²) in [7, 11) is 1.44. The lowest BCUT2D eigenvalue weighted by Crippen LogP contribution is -2.26. The molecule has 1 unspecified atom stereocenters. The standard InChI is InChI=1S/C32H39F3N6O3/c1-6-9-10-21(7-2)31(43)36-23-12-14-27(44-5)25(19-23)29-37-38-30-26(28(32(33,34)35)39-41(29)30)18-22-11-13-24(17-20(22)4)40(8-3)15-16-42/h11-14,17-19,21,42H,6-10,15-16H2,1-5H3,(H,36,43). The lowest BCUT2D eigenvalue weighted by molar-refractivity contribution is -0.142. The van der Waals surface area contributed by atoms with Crippen LogP contribution in [0, 0.1) is 12.8 Å². The Kier molecular flexibility index (Phi) is 10.5. The normalized spacial score (nSPS) is 13.0. The van der Waals surface area contributed by atoms with Crippen molar-refractivity contribution in [2.24, 2.45) is 5.92 Å². The van der Waals surface area contributed by atoms with E-state index in [9.17, 15) is 23.1 Å². The fourth-order valence-electron chi connectivity index (χ4n) is 5.25. The molecule has 9 nitrogen and oxygen atoms in total. The molecule has 0 radical (unpaired) electrons. The fourth-order valence-corrected chi connectivity index (χ4v) is 5.25. The summed E-state index contributed by atoms with van der Waals surface area (Å²) in [5.74, 6) is 0.116. The number of halogens is 3. The molecule has 12 heteroatoms. The first-order valence-corrected chi connectivity index (χ1v) is 14.9. The van der Waals surface area contributed by atoms with E-state index in [0.29, 0.717) is 42.1 Å². The Morgan fingerprint density at radius 1 is 1.16 bits per heavy atom. The minimum atomic E-state index is -4.76. The van der Waals surface area contributed by atoms with Crippen molar-refractivity contribution in [3.05, 3.63) is 58.4 Å². The highest BCUT2D eigenvalue weighted by molar-refractivity contribution is 5.93. The number of carbonyl (C=O) groups is 1. The Labute approximate surface area is 254 Å². The molecule has 0 aliphatic carbocycles. The molecule has 1 amide bonds. The molecule has 2 aromatic heterocycles. The number of aliphatic hydroxyl groups excluding tert-OH is 1. The summed E-state index contributed by atoms with van der Waals surface area (Å²) in [6.45, 7) is 8.91. The van der Waals surface area contributed by atoms with Crippen molar-refractivity contribution in [2.75, 3.05) is 37.0 Å². The highest BCUT2D eigenvalue weighted by atomic mass is 19.4. The number of rotatable bonds is 13. The smallest absolute Gasteiger partial charge is 0.435 e. The van der Waals surface area contributed by atoms with E-state index in [1.165, 1.54) is 13.2 Å². The van der Waals surface area contributed by atoms with Crippen LogP contribution in [0.25, 0.3) is 23.1 Å². The van der Waals surface area contributed by atoms with Crippen molar-refractivity contribution < 1.29 is 27.8 Å². The average molecular weight is 613 g/mol. The second-order valence-electron chi connectivity index (χ2n) is 10.7. The van der Waals surface area contributed by atoms with E-state index in [1.54, 1.807) is 24.3 Å². The van der Waals surface area contributed by atoms with Crippen LogP contribution < -0.4 is 20.2 Å². The zero-order chi connectivity index (χ0) is 32.0. The van der Waals surface area contributed by atoms with E-state index < -0.39 is 11.9 Å². The van der Waals surface area contributed by atoms with Gasteiger partial charge in [0.2, 0.25) is 5.91 Å². The number of unbranched alkanes of at least 4 members (excludes halogenated alkanes) is 1. The molecule has 236 valence electrons. The van der Waals surface area contributed by atoms with E-state index >= 15 is 0 Å². The third-order valence-corrected chi connectivity index (χ3v) is 7.75. The zero-order valence-electron chi connectivity index (χ0n) is 25.7. The van der Waals surface area contributed by atoms with E-state index in [2.05, 4.69) is 27.5 Å². The van der Waals surface area contributed by atoms with Crippen molar-refractivity contribution in [1.82, 2.24) is 19.8 Å². The van der Waals surface area contributed by atoms with E-state index in [4.69, 9.17) is 4.74 Å². The maximum Gasteiger partial charge on any atom is 0.435 e. The first-order valence-electron chi connectivity index (χ1n) is 14.9. The number of alkyl halides is 3. The molecule has 0 saturated heterocycles. The highest BCUT2D eigenvalue weighted by Gasteiger charge is 2.37. The van der Waals surface area contributed by atoms with Gasteiger partial charge in [0.15, 0.2) is 17.2 Å². The Bertz CT molecular complexity index is 1650. The Morgan fingerprint density at radius 3 is 2.55 bits per heavy atom. The molecule has 0 spiro atoms. The number of methoxy groups -OCH3 is 1. The number of aliphatic hydroxyl groups is 1. The van der Waals surface area contributed by atoms with Crippen molar-refractivity contribution >= 4 is 29.0 Å². The third-order valence-electron chi connectivity index (χ3n) is 7.75. The number of amides is 1. The first kappa shape index (κ1) is 32.7. The van der Waals surface area contributed by atoms with Gasteiger partial charge in [-0.2, -0.15) is 22.8 Å². The number of benzene rings is 2. The van der Waals surface area contributed by atoms with Crippen LogP contribution in [-0.4, -0.2) is 57.6 Å². The number of fused-ring (bicyclic) bond motifs is 1. The number of nitrogens with one attached hydrogen (secondary N) is 1. The molecule has 4 aromatic rings. The maximum absolute atomic E-state index is 14.3. The molecule has 2 aromatic carbocycles. The van der Waals surface area contributed by atoms with Crippen LogP contribution >= 0.6 is 0 Å². The number of aryl methyl sites for hydroxylation is 1. The molecule has 2 N–H and O–H groups in total. The largest absolute Gasteiger partial charge is 0.496 e. The Hall–Kier alpha value is -4.19. The fraction of sp³-hybridized carbons (Fsp3) is 0.438. The molecule has 0 aliphatic rings. The molecule has 1 atom stereocenters. The Balaban J connectivity index is 1.80. The van der Waals surface area contributed by atoms with Crippen LogP contribution in [0.3, 0.4) is 0 Å². The van der Waals surface area contributed by atoms with Crippen LogP contribution in [0.2, 0.25) is 0 Å². The molecule has 0 fully saturated rings. The summed E-state index contributed by atoms with van der Waals surface area (Å²) in [6.07, 6.45) is 0.0407. The van der Waals surface area contributed by atoms with Crippen LogP contribution in [0.4, 0.5) is 24.5 Å². The van der Waals surface area contributed by atoms with Gasteiger partial charge in [0.1, 0.15) is 5.75 Å². The van der Waals surface area contributed by atoms with Gasteiger partial charge in [-0.15, -0.1) is 10.2 Å². The van der Waals surface area contributed by atoms with Crippen LogP contribution in [0.15, 0.2) is 36.4 Å². The first-order chi connectivity index (χ1) is 21.1. The maximum atomic E-state index is 14.3. The number of likely N-dealkylation sites (N-methyl/N-ethyl adjacent to an activating group) is 1. The van der Waals surface area contributed by atoms with Gasteiger partial charge in [-0.05, 0) is 74.2 Å². The minimum Gasteiger partial charge on any atom is -0.496 e. The molecule has 4 rings (SSSR count). The zero-order valence-corrected chi connectivity index (χ0v) is 25.7. The monoisotopic (exact) mass is 612 g/mol. The van der Waals surface area contributed by atoms with Crippen molar-refractivity contribution in [1.29, 1.82) is 0 Å². The summed E-state index contributed by atoms with van der Waals surface area (Å²) >= 11 is 0. The van der Waals surface area contributed by atoms with E-state index in [0.717, 1.165) is 35.0 Å². The van der Waals surface area contributed by atoms with Gasteiger partial charge in [0.25, 0.3) is 0 Å². The summed E-state index contributed by atoms with van der Waals surface area (Å²) in [6, 6.07) is 10.3. The van der Waals surface area contributed by atoms with Gasteiger partial charge in [-0.25, -0.2) is 0 Å². The van der Waals surface area contributed by atoms with Crippen molar-refractivity contribution in [2.45, 2.75) is 59.6 Å². The quantitative estimate of drug-likeness (QED) is 0.201. The number of aromatic nitrogens is 4. The SMILES string of the molecule is CCCCC(CC)C(=O)Nc1ccc(OC)c(-c2nnc3c(=Cc4ccc(N(CC)CCO)cc4C)c(C(F)(F)F)nn23)c1. The highest BCUT2D eigenvalue weighted by Crippen LogP contribution is 2.33. The second kappa shape index (κ2) is 14.1. The molecular formula is C32H39F3N6O3. The number of ether oxygens (including phenoxy) is 1. The lowest BCUT2D eigenvalue weighted by atomic mass is 9.98. The summed E-state index contributed by atoms with van der Waals surface area (Å²) in [4.78, 5) is 14.9. The van der Waals surface area contributed by atoms with E-state index in [1.807, 2.05) is 37.8 Å². The molecule has 0 bridgehead atoms. The number of carbonyl (C=O) groups excluding carboxylic acids is 1. The van der Waals surface area contributed by atoms with Gasteiger partial charge in [-0.3, -0.25) is 4.79 Å².